The van der Waals surface area contributed by atoms with Crippen molar-refractivity contribution in [2.24, 2.45) is 0 Å². The molecule has 0 saturated heterocycles. The first kappa shape index (κ1) is 24.9. The number of benzene rings is 4. The van der Waals surface area contributed by atoms with Crippen LogP contribution in [0.5, 0.6) is 0 Å². The zero-order valence-electron chi connectivity index (χ0n) is 19.7. The molecule has 33 heavy (non-hydrogen) atoms. The van der Waals surface area contributed by atoms with Crippen molar-refractivity contribution in [1.82, 2.24) is 0 Å². The molecule has 0 unspecified atom stereocenters. The van der Waals surface area contributed by atoms with Gasteiger partial charge < -0.3 is 0 Å². The summed E-state index contributed by atoms with van der Waals surface area (Å²) in [5, 5.41) is 0. The summed E-state index contributed by atoms with van der Waals surface area (Å²) in [4.78, 5) is 0. The van der Waals surface area contributed by atoms with Gasteiger partial charge in [0, 0.05) is 0 Å². The third kappa shape index (κ3) is 6.62. The van der Waals surface area contributed by atoms with Gasteiger partial charge in [0.05, 0.1) is 0 Å². The van der Waals surface area contributed by atoms with Crippen LogP contribution in [0.15, 0.2) is 97.1 Å². The van der Waals surface area contributed by atoms with Gasteiger partial charge in [0.1, 0.15) is 0 Å². The fourth-order valence-corrected chi connectivity index (χ4v) is 3.56. The number of rotatable bonds is 5. The van der Waals surface area contributed by atoms with Gasteiger partial charge >= 0.3 is 26.2 Å². The monoisotopic (exact) mass is 502 g/mol. The molecule has 0 nitrogen and oxygen atoms in total. The molecule has 0 fully saturated rings. The molecule has 0 aliphatic heterocycles. The maximum atomic E-state index is 3.70. The first-order valence-electron chi connectivity index (χ1n) is 11.0. The molecule has 1 heteroatoms. The van der Waals surface area contributed by atoms with E-state index in [0.717, 1.165) is 33.4 Å². The molecule has 4 aromatic rings. The number of aryl methyl sites for hydroxylation is 4. The second-order valence-corrected chi connectivity index (χ2v) is 8.46. The Labute approximate surface area is 217 Å². The average Bonchev–Trinajstić information content (AvgIpc) is 2.80. The topological polar surface area (TPSA) is 0 Å². The molecule has 4 aromatic carbocycles. The molecule has 0 radical (unpaired) electrons. The van der Waals surface area contributed by atoms with Crippen LogP contribution in [0, 0.1) is 39.8 Å². The van der Waals surface area contributed by atoms with Gasteiger partial charge in [0.25, 0.3) is 0 Å². The molecular formula is C32H28Zr. The van der Waals surface area contributed by atoms with Crippen molar-refractivity contribution in [2.45, 2.75) is 27.7 Å². The van der Waals surface area contributed by atoms with Crippen molar-refractivity contribution < 1.29 is 26.2 Å². The molecule has 0 N–H and O–H groups in total. The molecule has 0 aromatic heterocycles. The van der Waals surface area contributed by atoms with E-state index in [1.807, 2.05) is 0 Å². The van der Waals surface area contributed by atoms with Gasteiger partial charge in [-0.3, -0.25) is 0 Å². The second-order valence-electron chi connectivity index (χ2n) is 8.46. The predicted octanol–water partition coefficient (Wildman–Crippen LogP) is 8.09. The fraction of sp³-hybridized carbons (Fsp3) is 0.125. The molecule has 0 saturated carbocycles. The Morgan fingerprint density at radius 2 is 0.636 bits per heavy atom. The summed E-state index contributed by atoms with van der Waals surface area (Å²) < 4.78 is 0. The van der Waals surface area contributed by atoms with E-state index in [-0.39, 0.29) is 26.2 Å². The van der Waals surface area contributed by atoms with Crippen molar-refractivity contribution in [1.29, 1.82) is 0 Å². The molecule has 0 atom stereocenters. The number of hydrogen-bond acceptors (Lipinski definition) is 0. The Balaban J connectivity index is 0.00000306. The van der Waals surface area contributed by atoms with Gasteiger partial charge in [-0.2, -0.15) is 23.3 Å². The van der Waals surface area contributed by atoms with Crippen LogP contribution in [0.1, 0.15) is 44.5 Å². The van der Waals surface area contributed by atoms with Crippen molar-refractivity contribution in [3.63, 3.8) is 0 Å². The first-order valence-corrected chi connectivity index (χ1v) is 11.0. The van der Waals surface area contributed by atoms with E-state index >= 15 is 0 Å². The van der Waals surface area contributed by atoms with Crippen LogP contribution >= 0.6 is 0 Å². The normalized spacial score (nSPS) is 11.8. The van der Waals surface area contributed by atoms with Gasteiger partial charge in [-0.15, -0.1) is 46.5 Å². The Bertz CT molecular complexity index is 1140. The number of allylic oxidation sites excluding steroid dienone is 2. The summed E-state index contributed by atoms with van der Waals surface area (Å²) in [6.07, 6.45) is 7.41. The summed E-state index contributed by atoms with van der Waals surface area (Å²) >= 11 is 0. The Morgan fingerprint density at radius 1 is 0.394 bits per heavy atom. The molecular weight excluding hydrogens is 476 g/mol. The number of hydrogen-bond donors (Lipinski definition) is 0. The third-order valence-corrected chi connectivity index (χ3v) is 5.57. The van der Waals surface area contributed by atoms with Crippen LogP contribution in [0.25, 0.3) is 11.1 Å². The summed E-state index contributed by atoms with van der Waals surface area (Å²) in [6, 6.07) is 34.4. The van der Waals surface area contributed by atoms with E-state index in [9.17, 15) is 0 Å². The van der Waals surface area contributed by atoms with Crippen LogP contribution < -0.4 is 0 Å². The van der Waals surface area contributed by atoms with Crippen molar-refractivity contribution in [3.8, 4) is 0 Å². The molecule has 0 amide bonds. The largest absolute Gasteiger partial charge is 2.00 e. The molecule has 0 heterocycles. The predicted molar refractivity (Wildman–Crippen MR) is 136 cm³/mol. The van der Waals surface area contributed by atoms with Gasteiger partial charge in [-0.05, 0) is 27.7 Å². The Morgan fingerprint density at radius 3 is 0.909 bits per heavy atom. The minimum atomic E-state index is 0. The molecule has 0 spiro atoms. The van der Waals surface area contributed by atoms with E-state index < -0.39 is 0 Å². The van der Waals surface area contributed by atoms with Crippen molar-refractivity contribution in [3.05, 3.63) is 154 Å². The summed E-state index contributed by atoms with van der Waals surface area (Å²) in [5.74, 6) is 0. The Kier molecular flexibility index (Phi) is 8.59. The van der Waals surface area contributed by atoms with E-state index in [1.165, 1.54) is 22.3 Å². The second kappa shape index (κ2) is 11.4. The zero-order chi connectivity index (χ0) is 22.5. The van der Waals surface area contributed by atoms with Gasteiger partial charge in [-0.1, -0.05) is 95.1 Å². The quantitative estimate of drug-likeness (QED) is 0.147. The van der Waals surface area contributed by atoms with Crippen molar-refractivity contribution in [2.75, 3.05) is 0 Å². The van der Waals surface area contributed by atoms with E-state index in [4.69, 9.17) is 0 Å². The zero-order valence-corrected chi connectivity index (χ0v) is 22.2. The maximum Gasteiger partial charge on any atom is 2.00 e. The molecule has 160 valence electrons. The van der Waals surface area contributed by atoms with Gasteiger partial charge in [-0.25, -0.2) is 0 Å². The molecule has 0 aliphatic carbocycles. The summed E-state index contributed by atoms with van der Waals surface area (Å²) in [5.41, 5.74) is 11.4. The van der Waals surface area contributed by atoms with Gasteiger partial charge in [0.2, 0.25) is 0 Å². The SMILES string of the molecule is Cc1ccc([C-]=C(C(=[C-]c2ccc(C)cc2)c2ccc(C)cc2)c2ccc(C)cc2)cc1.[Zr+2]. The minimum Gasteiger partial charge on any atom is -0.174 e. The van der Waals surface area contributed by atoms with Crippen molar-refractivity contribution >= 4 is 11.1 Å². The van der Waals surface area contributed by atoms with Gasteiger partial charge in [0.15, 0.2) is 0 Å². The van der Waals surface area contributed by atoms with E-state index in [2.05, 4.69) is 137 Å². The average molecular weight is 504 g/mol. The van der Waals surface area contributed by atoms with Crippen LogP contribution in [-0.2, 0) is 26.2 Å². The summed E-state index contributed by atoms with van der Waals surface area (Å²) in [6.45, 7) is 8.45. The van der Waals surface area contributed by atoms with Crippen LogP contribution in [0.2, 0.25) is 0 Å². The third-order valence-electron chi connectivity index (χ3n) is 5.57. The fourth-order valence-electron chi connectivity index (χ4n) is 3.56. The minimum absolute atomic E-state index is 0. The smallest absolute Gasteiger partial charge is 0.174 e. The first-order chi connectivity index (χ1) is 15.5. The standard InChI is InChI=1S/C32H28.Zr/c1-23-5-13-27(14-6-23)21-31(29-17-9-25(3)10-18-29)32(30-19-11-26(4)12-20-30)22-28-15-7-24(2)8-16-28;/h5-20H,1-4H3;/q-2;+2. The summed E-state index contributed by atoms with van der Waals surface area (Å²) in [7, 11) is 0. The molecule has 4 rings (SSSR count). The van der Waals surface area contributed by atoms with E-state index in [1.54, 1.807) is 0 Å². The van der Waals surface area contributed by atoms with Crippen LogP contribution in [0.3, 0.4) is 0 Å². The molecule has 0 bridgehead atoms. The van der Waals surface area contributed by atoms with Crippen LogP contribution in [0.4, 0.5) is 0 Å². The molecule has 0 aliphatic rings. The maximum absolute atomic E-state index is 3.70. The van der Waals surface area contributed by atoms with Crippen LogP contribution in [-0.4, -0.2) is 0 Å². The Hall–Kier alpha value is -2.76. The van der Waals surface area contributed by atoms with E-state index in [0.29, 0.717) is 0 Å².